The number of ether oxygens (including phenoxy) is 2. The lowest BCUT2D eigenvalue weighted by Crippen LogP contribution is -2.19. The van der Waals surface area contributed by atoms with Gasteiger partial charge in [0.05, 0.1) is 17.8 Å². The van der Waals surface area contributed by atoms with Crippen molar-refractivity contribution in [2.75, 3.05) is 6.61 Å². The molecule has 0 radical (unpaired) electrons. The van der Waals surface area contributed by atoms with E-state index < -0.39 is 18.2 Å². The molecule has 5 nitrogen and oxygen atoms in total. The molecule has 1 unspecified atom stereocenters. The summed E-state index contributed by atoms with van der Waals surface area (Å²) < 4.78 is 9.31. The van der Waals surface area contributed by atoms with Gasteiger partial charge in [-0.2, -0.15) is 0 Å². The molecule has 0 bridgehead atoms. The van der Waals surface area contributed by atoms with Crippen LogP contribution in [-0.2, 0) is 19.1 Å². The van der Waals surface area contributed by atoms with E-state index in [0.29, 0.717) is 0 Å². The van der Waals surface area contributed by atoms with Crippen LogP contribution in [0.1, 0.15) is 26.7 Å². The van der Waals surface area contributed by atoms with Gasteiger partial charge < -0.3 is 14.6 Å². The van der Waals surface area contributed by atoms with Gasteiger partial charge in [-0.05, 0) is 13.3 Å². The number of hydrogen-bond acceptors (Lipinski definition) is 5. The van der Waals surface area contributed by atoms with E-state index in [2.05, 4.69) is 17.9 Å². The van der Waals surface area contributed by atoms with E-state index in [1.807, 2.05) is 6.92 Å². The number of carbonyl (C=O) groups excluding carboxylic acids is 2. The average Bonchev–Trinajstić information content (AvgIpc) is 2.26. The Hall–Kier alpha value is -1.62. The quantitative estimate of drug-likeness (QED) is 0.240. The number of aliphatic hydroxyl groups excluding tert-OH is 1. The third-order valence-electron chi connectivity index (χ3n) is 1.87. The molecule has 0 aromatic carbocycles. The molecular formula is C12H18O5. The van der Waals surface area contributed by atoms with E-state index >= 15 is 0 Å². The zero-order valence-electron chi connectivity index (χ0n) is 10.2. The van der Waals surface area contributed by atoms with E-state index in [0.717, 1.165) is 12.8 Å². The first-order valence-corrected chi connectivity index (χ1v) is 5.34. The van der Waals surface area contributed by atoms with Crippen LogP contribution in [0.3, 0.4) is 0 Å². The number of unbranched alkanes of at least 4 members (excludes halogenated alkanes) is 1. The second-order valence-electron chi connectivity index (χ2n) is 3.45. The van der Waals surface area contributed by atoms with Crippen molar-refractivity contribution in [1.82, 2.24) is 0 Å². The Morgan fingerprint density at radius 1 is 1.24 bits per heavy atom. The van der Waals surface area contributed by atoms with Crippen LogP contribution in [0.15, 0.2) is 24.3 Å². The van der Waals surface area contributed by atoms with Crippen molar-refractivity contribution in [3.63, 3.8) is 0 Å². The van der Waals surface area contributed by atoms with Gasteiger partial charge in [0.25, 0.3) is 0 Å². The second-order valence-corrected chi connectivity index (χ2v) is 3.45. The molecule has 0 rings (SSSR count). The Balaban J connectivity index is 4.25. The molecule has 0 amide bonds. The molecule has 0 aliphatic heterocycles. The van der Waals surface area contributed by atoms with Crippen LogP contribution in [0.4, 0.5) is 0 Å². The number of esters is 2. The van der Waals surface area contributed by atoms with Crippen LogP contribution >= 0.6 is 0 Å². The van der Waals surface area contributed by atoms with Crippen molar-refractivity contribution in [3.05, 3.63) is 24.3 Å². The van der Waals surface area contributed by atoms with Gasteiger partial charge in [-0.15, -0.1) is 0 Å². The molecule has 1 N–H and O–H groups in total. The van der Waals surface area contributed by atoms with Crippen molar-refractivity contribution in [2.45, 2.75) is 33.0 Å². The minimum atomic E-state index is -1.26. The molecule has 96 valence electrons. The van der Waals surface area contributed by atoms with Gasteiger partial charge in [0.2, 0.25) is 0 Å². The predicted octanol–water partition coefficient (Wildman–Crippen LogP) is 1.32. The number of rotatable bonds is 7. The minimum Gasteiger partial charge on any atom is -0.462 e. The molecular weight excluding hydrogens is 224 g/mol. The lowest BCUT2D eigenvalue weighted by atomic mass is 10.1. The van der Waals surface area contributed by atoms with Crippen LogP contribution in [0.2, 0.25) is 0 Å². The molecule has 0 fully saturated rings. The van der Waals surface area contributed by atoms with Crippen LogP contribution in [0, 0.1) is 0 Å². The highest BCUT2D eigenvalue weighted by Crippen LogP contribution is 2.10. The van der Waals surface area contributed by atoms with Gasteiger partial charge in [0.1, 0.15) is 0 Å². The zero-order valence-corrected chi connectivity index (χ0v) is 10.2. The van der Waals surface area contributed by atoms with Gasteiger partial charge in [-0.3, -0.25) is 0 Å². The van der Waals surface area contributed by atoms with Crippen molar-refractivity contribution in [1.29, 1.82) is 0 Å². The summed E-state index contributed by atoms with van der Waals surface area (Å²) >= 11 is 0. The van der Waals surface area contributed by atoms with Crippen LogP contribution < -0.4 is 0 Å². The fraction of sp³-hybridized carbons (Fsp3) is 0.500. The standard InChI is InChI=1S/C12H18O5/c1-5-6-7-16-11(14)8(2)9(3)12(15)17-10(4)13/h10,13H,2-3,5-7H2,1,4H3. The summed E-state index contributed by atoms with van der Waals surface area (Å²) in [5.74, 6) is -1.59. The molecule has 5 heteroatoms. The molecule has 0 saturated carbocycles. The van der Waals surface area contributed by atoms with Crippen molar-refractivity contribution in [2.24, 2.45) is 0 Å². The largest absolute Gasteiger partial charge is 0.462 e. The molecule has 0 saturated heterocycles. The molecule has 0 spiro atoms. The molecule has 0 aromatic heterocycles. The Morgan fingerprint density at radius 3 is 2.24 bits per heavy atom. The maximum Gasteiger partial charge on any atom is 0.340 e. The smallest absolute Gasteiger partial charge is 0.340 e. The third-order valence-corrected chi connectivity index (χ3v) is 1.87. The van der Waals surface area contributed by atoms with E-state index in [9.17, 15) is 9.59 Å². The molecule has 0 aliphatic rings. The van der Waals surface area contributed by atoms with Gasteiger partial charge >= 0.3 is 11.9 Å². The molecule has 0 heterocycles. The number of hydrogen-bond donors (Lipinski definition) is 1. The monoisotopic (exact) mass is 242 g/mol. The number of carbonyl (C=O) groups is 2. The lowest BCUT2D eigenvalue weighted by molar-refractivity contribution is -0.160. The van der Waals surface area contributed by atoms with Gasteiger partial charge in [0.15, 0.2) is 6.29 Å². The summed E-state index contributed by atoms with van der Waals surface area (Å²) in [6, 6.07) is 0. The van der Waals surface area contributed by atoms with Crippen LogP contribution in [-0.4, -0.2) is 29.9 Å². The molecule has 0 aliphatic carbocycles. The van der Waals surface area contributed by atoms with Crippen LogP contribution in [0.25, 0.3) is 0 Å². The third kappa shape index (κ3) is 5.87. The highest BCUT2D eigenvalue weighted by atomic mass is 16.6. The van der Waals surface area contributed by atoms with E-state index in [1.165, 1.54) is 6.92 Å². The summed E-state index contributed by atoms with van der Waals surface area (Å²) in [5.41, 5.74) is -0.376. The SMILES string of the molecule is C=C(C(=C)C(=O)OC(C)O)C(=O)OCCCC. The minimum absolute atomic E-state index is 0.160. The van der Waals surface area contributed by atoms with Crippen molar-refractivity contribution in [3.8, 4) is 0 Å². The topological polar surface area (TPSA) is 72.8 Å². The Morgan fingerprint density at radius 2 is 1.76 bits per heavy atom. The molecule has 0 aromatic rings. The Kier molecular flexibility index (Phi) is 6.89. The maximum atomic E-state index is 11.4. The first kappa shape index (κ1) is 15.4. The van der Waals surface area contributed by atoms with Crippen LogP contribution in [0.5, 0.6) is 0 Å². The summed E-state index contributed by atoms with van der Waals surface area (Å²) in [6.45, 7) is 10.3. The predicted molar refractivity (Wildman–Crippen MR) is 61.9 cm³/mol. The summed E-state index contributed by atoms with van der Waals surface area (Å²) in [5, 5.41) is 8.84. The normalized spacial score (nSPS) is 11.5. The molecule has 17 heavy (non-hydrogen) atoms. The van der Waals surface area contributed by atoms with E-state index in [-0.39, 0.29) is 17.8 Å². The highest BCUT2D eigenvalue weighted by molar-refractivity contribution is 6.06. The Bertz CT molecular complexity index is 317. The zero-order chi connectivity index (χ0) is 13.4. The first-order valence-electron chi connectivity index (χ1n) is 5.34. The van der Waals surface area contributed by atoms with Gasteiger partial charge in [-0.25, -0.2) is 9.59 Å². The second kappa shape index (κ2) is 7.62. The lowest BCUT2D eigenvalue weighted by Gasteiger charge is -2.10. The van der Waals surface area contributed by atoms with Gasteiger partial charge in [-0.1, -0.05) is 26.5 Å². The van der Waals surface area contributed by atoms with E-state index in [4.69, 9.17) is 9.84 Å². The molecule has 1 atom stereocenters. The first-order chi connectivity index (χ1) is 7.90. The highest BCUT2D eigenvalue weighted by Gasteiger charge is 2.20. The number of aliphatic hydroxyl groups is 1. The van der Waals surface area contributed by atoms with Gasteiger partial charge in [0, 0.05) is 0 Å². The van der Waals surface area contributed by atoms with Crippen molar-refractivity contribution < 1.29 is 24.2 Å². The summed E-state index contributed by atoms with van der Waals surface area (Å²) in [7, 11) is 0. The summed E-state index contributed by atoms with van der Waals surface area (Å²) in [4.78, 5) is 22.7. The fourth-order valence-electron chi connectivity index (χ4n) is 0.869. The maximum absolute atomic E-state index is 11.4. The fourth-order valence-corrected chi connectivity index (χ4v) is 0.869. The summed E-state index contributed by atoms with van der Waals surface area (Å²) in [6.07, 6.45) is 0.372. The van der Waals surface area contributed by atoms with Crippen molar-refractivity contribution >= 4 is 11.9 Å². The average molecular weight is 242 g/mol. The van der Waals surface area contributed by atoms with E-state index in [1.54, 1.807) is 0 Å². The Labute approximate surface area is 101 Å².